The van der Waals surface area contributed by atoms with Crippen LogP contribution < -0.4 is 0 Å². The standard InChI is InChI=1S/C11H17NO2/c1-5-7(3)11-10(8(4)13)12-9(6-2)14-11/h7H,5-6H2,1-4H3. The summed E-state index contributed by atoms with van der Waals surface area (Å²) in [5.41, 5.74) is 0.510. The van der Waals surface area contributed by atoms with Gasteiger partial charge in [-0.05, 0) is 6.42 Å². The van der Waals surface area contributed by atoms with Gasteiger partial charge in [0, 0.05) is 19.3 Å². The quantitative estimate of drug-likeness (QED) is 0.694. The fourth-order valence-electron chi connectivity index (χ4n) is 1.30. The molecule has 3 heteroatoms. The summed E-state index contributed by atoms with van der Waals surface area (Å²) in [5, 5.41) is 0. The summed E-state index contributed by atoms with van der Waals surface area (Å²) in [6.45, 7) is 7.62. The van der Waals surface area contributed by atoms with E-state index in [0.717, 1.165) is 18.6 Å². The Morgan fingerprint density at radius 2 is 2.14 bits per heavy atom. The smallest absolute Gasteiger partial charge is 0.194 e. The van der Waals surface area contributed by atoms with Crippen molar-refractivity contribution in [3.63, 3.8) is 0 Å². The number of hydrogen-bond acceptors (Lipinski definition) is 3. The molecule has 78 valence electrons. The molecule has 0 aliphatic carbocycles. The largest absolute Gasteiger partial charge is 0.445 e. The predicted octanol–water partition coefficient (Wildman–Crippen LogP) is 2.95. The van der Waals surface area contributed by atoms with Crippen molar-refractivity contribution in [3.05, 3.63) is 17.3 Å². The Bertz CT molecular complexity index is 328. The molecule has 0 aliphatic rings. The summed E-state index contributed by atoms with van der Waals surface area (Å²) in [6.07, 6.45) is 1.69. The van der Waals surface area contributed by atoms with E-state index in [1.165, 1.54) is 6.92 Å². The molecule has 0 bridgehead atoms. The summed E-state index contributed by atoms with van der Waals surface area (Å²) in [6, 6.07) is 0. The maximum atomic E-state index is 11.3. The Morgan fingerprint density at radius 1 is 1.50 bits per heavy atom. The molecule has 14 heavy (non-hydrogen) atoms. The van der Waals surface area contributed by atoms with Crippen LogP contribution in [0.3, 0.4) is 0 Å². The lowest BCUT2D eigenvalue weighted by Crippen LogP contribution is -2.00. The van der Waals surface area contributed by atoms with Gasteiger partial charge >= 0.3 is 0 Å². The third-order valence-corrected chi connectivity index (χ3v) is 2.39. The Morgan fingerprint density at radius 3 is 2.57 bits per heavy atom. The molecule has 1 atom stereocenters. The summed E-state index contributed by atoms with van der Waals surface area (Å²) < 4.78 is 5.55. The monoisotopic (exact) mass is 195 g/mol. The number of ketones is 1. The van der Waals surface area contributed by atoms with Gasteiger partial charge in [0.05, 0.1) is 0 Å². The highest BCUT2D eigenvalue weighted by atomic mass is 16.4. The van der Waals surface area contributed by atoms with Gasteiger partial charge in [-0.25, -0.2) is 4.98 Å². The Kier molecular flexibility index (Phi) is 3.44. The molecule has 0 spiro atoms. The van der Waals surface area contributed by atoms with Crippen molar-refractivity contribution in [1.82, 2.24) is 4.98 Å². The molecular formula is C11H17NO2. The van der Waals surface area contributed by atoms with Gasteiger partial charge in [0.25, 0.3) is 0 Å². The van der Waals surface area contributed by atoms with Gasteiger partial charge in [-0.1, -0.05) is 20.8 Å². The van der Waals surface area contributed by atoms with Crippen molar-refractivity contribution >= 4 is 5.78 Å². The molecule has 0 saturated heterocycles. The molecule has 0 aromatic carbocycles. The van der Waals surface area contributed by atoms with Crippen LogP contribution >= 0.6 is 0 Å². The zero-order valence-electron chi connectivity index (χ0n) is 9.26. The molecule has 0 aliphatic heterocycles. The van der Waals surface area contributed by atoms with E-state index in [1.54, 1.807) is 0 Å². The highest BCUT2D eigenvalue weighted by molar-refractivity contribution is 5.93. The van der Waals surface area contributed by atoms with E-state index in [9.17, 15) is 4.79 Å². The lowest BCUT2D eigenvalue weighted by molar-refractivity contribution is 0.101. The van der Waals surface area contributed by atoms with Crippen LogP contribution in [0.15, 0.2) is 4.42 Å². The normalized spacial score (nSPS) is 12.9. The minimum Gasteiger partial charge on any atom is -0.445 e. The first kappa shape index (κ1) is 11.0. The van der Waals surface area contributed by atoms with Gasteiger partial charge in [0.2, 0.25) is 0 Å². The van der Waals surface area contributed by atoms with E-state index in [0.29, 0.717) is 11.6 Å². The molecule has 0 amide bonds. The first-order valence-electron chi connectivity index (χ1n) is 5.10. The lowest BCUT2D eigenvalue weighted by Gasteiger charge is -2.04. The first-order valence-corrected chi connectivity index (χ1v) is 5.10. The zero-order chi connectivity index (χ0) is 10.7. The molecule has 0 fully saturated rings. The number of oxazole rings is 1. The van der Waals surface area contributed by atoms with Crippen molar-refractivity contribution in [2.45, 2.75) is 46.5 Å². The molecular weight excluding hydrogens is 178 g/mol. The van der Waals surface area contributed by atoms with Crippen LogP contribution in [0.25, 0.3) is 0 Å². The van der Waals surface area contributed by atoms with Gasteiger partial charge in [0.15, 0.2) is 11.7 Å². The van der Waals surface area contributed by atoms with E-state index in [2.05, 4.69) is 11.9 Å². The first-order chi connectivity index (χ1) is 6.60. The predicted molar refractivity (Wildman–Crippen MR) is 54.6 cm³/mol. The van der Waals surface area contributed by atoms with Crippen molar-refractivity contribution in [3.8, 4) is 0 Å². The fraction of sp³-hybridized carbons (Fsp3) is 0.636. The number of carbonyl (C=O) groups excluding carboxylic acids is 1. The van der Waals surface area contributed by atoms with Crippen molar-refractivity contribution in [2.24, 2.45) is 0 Å². The van der Waals surface area contributed by atoms with E-state index in [1.807, 2.05) is 13.8 Å². The summed E-state index contributed by atoms with van der Waals surface area (Å²) in [7, 11) is 0. The van der Waals surface area contributed by atoms with Crippen LogP contribution in [0.5, 0.6) is 0 Å². The van der Waals surface area contributed by atoms with Crippen LogP contribution in [0.2, 0.25) is 0 Å². The molecule has 1 aromatic heterocycles. The van der Waals surface area contributed by atoms with E-state index < -0.39 is 0 Å². The number of carbonyl (C=O) groups is 1. The van der Waals surface area contributed by atoms with E-state index in [4.69, 9.17) is 4.42 Å². The summed E-state index contributed by atoms with van der Waals surface area (Å²) >= 11 is 0. The van der Waals surface area contributed by atoms with Gasteiger partial charge in [0.1, 0.15) is 11.5 Å². The van der Waals surface area contributed by atoms with Crippen LogP contribution in [0.1, 0.15) is 62.2 Å². The van der Waals surface area contributed by atoms with Crippen molar-refractivity contribution in [1.29, 1.82) is 0 Å². The number of rotatable bonds is 4. The molecule has 1 aromatic rings. The lowest BCUT2D eigenvalue weighted by atomic mass is 10.0. The SMILES string of the molecule is CCc1nc(C(C)=O)c(C(C)CC)o1. The number of nitrogens with zero attached hydrogens (tertiary/aromatic N) is 1. The molecule has 0 saturated carbocycles. The maximum Gasteiger partial charge on any atom is 0.194 e. The second-order valence-electron chi connectivity index (χ2n) is 3.54. The maximum absolute atomic E-state index is 11.3. The number of aryl methyl sites for hydroxylation is 1. The third-order valence-electron chi connectivity index (χ3n) is 2.39. The van der Waals surface area contributed by atoms with Crippen molar-refractivity contribution in [2.75, 3.05) is 0 Å². The number of Topliss-reactive ketones (excluding diaryl/α,β-unsaturated/α-hetero) is 1. The van der Waals surface area contributed by atoms with Gasteiger partial charge in [-0.3, -0.25) is 4.79 Å². The molecule has 0 N–H and O–H groups in total. The van der Waals surface area contributed by atoms with E-state index >= 15 is 0 Å². The molecule has 3 nitrogen and oxygen atoms in total. The highest BCUT2D eigenvalue weighted by Gasteiger charge is 2.19. The van der Waals surface area contributed by atoms with Crippen LogP contribution in [-0.4, -0.2) is 10.8 Å². The minimum atomic E-state index is -0.0104. The average molecular weight is 195 g/mol. The molecule has 1 heterocycles. The minimum absolute atomic E-state index is 0.0104. The average Bonchev–Trinajstić information content (AvgIpc) is 2.60. The Labute approximate surface area is 84.5 Å². The zero-order valence-corrected chi connectivity index (χ0v) is 9.26. The number of aromatic nitrogens is 1. The van der Waals surface area contributed by atoms with Gasteiger partial charge in [-0.2, -0.15) is 0 Å². The van der Waals surface area contributed by atoms with Crippen LogP contribution in [0, 0.1) is 0 Å². The third kappa shape index (κ3) is 2.03. The second-order valence-corrected chi connectivity index (χ2v) is 3.54. The topological polar surface area (TPSA) is 43.1 Å². The second kappa shape index (κ2) is 4.40. The van der Waals surface area contributed by atoms with Gasteiger partial charge in [-0.15, -0.1) is 0 Å². The highest BCUT2D eigenvalue weighted by Crippen LogP contribution is 2.24. The molecule has 1 unspecified atom stereocenters. The Hall–Kier alpha value is -1.12. The number of hydrogen-bond donors (Lipinski definition) is 0. The Balaban J connectivity index is 3.12. The van der Waals surface area contributed by atoms with E-state index in [-0.39, 0.29) is 11.7 Å². The van der Waals surface area contributed by atoms with Crippen molar-refractivity contribution < 1.29 is 9.21 Å². The summed E-state index contributed by atoms with van der Waals surface area (Å²) in [4.78, 5) is 15.5. The summed E-state index contributed by atoms with van der Waals surface area (Å²) in [5.74, 6) is 1.66. The molecule has 1 rings (SSSR count). The van der Waals surface area contributed by atoms with Gasteiger partial charge < -0.3 is 4.42 Å². The van der Waals surface area contributed by atoms with Crippen LogP contribution in [-0.2, 0) is 6.42 Å². The molecule has 0 radical (unpaired) electrons. The van der Waals surface area contributed by atoms with Crippen LogP contribution in [0.4, 0.5) is 0 Å². The fourth-order valence-corrected chi connectivity index (χ4v) is 1.30.